The van der Waals surface area contributed by atoms with E-state index >= 15 is 0 Å². The average molecular weight is 234 g/mol. The highest BCUT2D eigenvalue weighted by atomic mass is 16.5. The standard InChI is InChI=1S/C12H10O5/c13-11(14)8-4-7-10(12(15)16)17-9-5-2-1-3-6-9/h1-8H,(H,13,14)(H,15,16)/b8-4+,10-7-. The molecule has 1 rings (SSSR count). The number of carboxylic acid groups (broad SMARTS) is 2. The first-order valence-electron chi connectivity index (χ1n) is 4.67. The summed E-state index contributed by atoms with van der Waals surface area (Å²) in [5, 5.41) is 17.2. The van der Waals surface area contributed by atoms with Crippen molar-refractivity contribution in [2.75, 3.05) is 0 Å². The van der Waals surface area contributed by atoms with E-state index in [2.05, 4.69) is 0 Å². The van der Waals surface area contributed by atoms with Crippen LogP contribution in [0.2, 0.25) is 0 Å². The molecule has 0 aliphatic rings. The van der Waals surface area contributed by atoms with Crippen LogP contribution in [0.15, 0.2) is 54.3 Å². The molecule has 0 aliphatic heterocycles. The van der Waals surface area contributed by atoms with E-state index in [4.69, 9.17) is 14.9 Å². The molecule has 5 heteroatoms. The normalized spacial score (nSPS) is 11.4. The van der Waals surface area contributed by atoms with Crippen LogP contribution in [0.5, 0.6) is 5.75 Å². The van der Waals surface area contributed by atoms with E-state index in [-0.39, 0.29) is 5.76 Å². The zero-order valence-electron chi connectivity index (χ0n) is 8.74. The second kappa shape index (κ2) is 6.12. The van der Waals surface area contributed by atoms with Crippen LogP contribution in [0.25, 0.3) is 0 Å². The minimum Gasteiger partial charge on any atom is -0.478 e. The van der Waals surface area contributed by atoms with E-state index in [9.17, 15) is 9.59 Å². The molecule has 0 spiro atoms. The van der Waals surface area contributed by atoms with E-state index in [1.807, 2.05) is 0 Å². The van der Waals surface area contributed by atoms with Gasteiger partial charge in [0.15, 0.2) is 0 Å². The smallest absolute Gasteiger partial charge is 0.371 e. The number of benzene rings is 1. The van der Waals surface area contributed by atoms with Crippen molar-refractivity contribution in [2.24, 2.45) is 0 Å². The Morgan fingerprint density at radius 1 is 1.12 bits per heavy atom. The van der Waals surface area contributed by atoms with E-state index in [1.54, 1.807) is 30.3 Å². The third-order valence-corrected chi connectivity index (χ3v) is 1.67. The van der Waals surface area contributed by atoms with Crippen LogP contribution in [-0.2, 0) is 9.59 Å². The first-order chi connectivity index (χ1) is 8.09. The number of ether oxygens (including phenoxy) is 1. The molecule has 5 nitrogen and oxygen atoms in total. The summed E-state index contributed by atoms with van der Waals surface area (Å²) < 4.78 is 5.08. The molecule has 0 atom stereocenters. The van der Waals surface area contributed by atoms with Gasteiger partial charge in [-0.25, -0.2) is 9.59 Å². The molecule has 1 aromatic rings. The Labute approximate surface area is 97.3 Å². The summed E-state index contributed by atoms with van der Waals surface area (Å²) in [4.78, 5) is 21.0. The fraction of sp³-hybridized carbons (Fsp3) is 0. The molecule has 0 saturated heterocycles. The van der Waals surface area contributed by atoms with Crippen molar-refractivity contribution in [3.63, 3.8) is 0 Å². The Morgan fingerprint density at radius 2 is 1.76 bits per heavy atom. The Bertz CT molecular complexity index is 459. The maximum absolute atomic E-state index is 10.8. The van der Waals surface area contributed by atoms with Gasteiger partial charge in [-0.2, -0.15) is 0 Å². The van der Waals surface area contributed by atoms with E-state index in [0.29, 0.717) is 5.75 Å². The number of allylic oxidation sites excluding steroid dienone is 2. The number of hydrogen-bond acceptors (Lipinski definition) is 3. The van der Waals surface area contributed by atoms with Gasteiger partial charge in [0.25, 0.3) is 0 Å². The molecule has 0 unspecified atom stereocenters. The summed E-state index contributed by atoms with van der Waals surface area (Å²) >= 11 is 0. The van der Waals surface area contributed by atoms with Crippen LogP contribution in [0.1, 0.15) is 0 Å². The number of carboxylic acids is 2. The molecule has 0 saturated carbocycles. The number of carbonyl (C=O) groups is 2. The van der Waals surface area contributed by atoms with Crippen molar-refractivity contribution in [3.8, 4) is 5.75 Å². The lowest BCUT2D eigenvalue weighted by molar-refractivity contribution is -0.135. The molecule has 0 fully saturated rings. The van der Waals surface area contributed by atoms with Crippen molar-refractivity contribution in [1.82, 2.24) is 0 Å². The second-order valence-corrected chi connectivity index (χ2v) is 2.95. The third-order valence-electron chi connectivity index (χ3n) is 1.67. The van der Waals surface area contributed by atoms with Crippen molar-refractivity contribution in [2.45, 2.75) is 0 Å². The molecule has 0 aromatic heterocycles. The van der Waals surface area contributed by atoms with Gasteiger partial charge in [0.05, 0.1) is 0 Å². The van der Waals surface area contributed by atoms with Gasteiger partial charge in [0.1, 0.15) is 5.75 Å². The maximum atomic E-state index is 10.8. The van der Waals surface area contributed by atoms with Crippen LogP contribution >= 0.6 is 0 Å². The van der Waals surface area contributed by atoms with E-state index < -0.39 is 11.9 Å². The molecular formula is C12H10O5. The van der Waals surface area contributed by atoms with Gasteiger partial charge in [-0.1, -0.05) is 24.3 Å². The molecule has 0 aliphatic carbocycles. The lowest BCUT2D eigenvalue weighted by Crippen LogP contribution is -2.07. The number of rotatable bonds is 5. The highest BCUT2D eigenvalue weighted by Crippen LogP contribution is 2.12. The molecule has 0 bridgehead atoms. The first-order valence-corrected chi connectivity index (χ1v) is 4.67. The lowest BCUT2D eigenvalue weighted by atomic mass is 10.3. The van der Waals surface area contributed by atoms with Crippen molar-refractivity contribution in [1.29, 1.82) is 0 Å². The maximum Gasteiger partial charge on any atom is 0.371 e. The Kier molecular flexibility index (Phi) is 4.50. The van der Waals surface area contributed by atoms with Gasteiger partial charge in [-0.3, -0.25) is 0 Å². The lowest BCUT2D eigenvalue weighted by Gasteiger charge is -2.04. The molecule has 88 valence electrons. The van der Waals surface area contributed by atoms with Crippen LogP contribution < -0.4 is 4.74 Å². The molecule has 1 aromatic carbocycles. The van der Waals surface area contributed by atoms with E-state index in [1.165, 1.54) is 0 Å². The zero-order valence-corrected chi connectivity index (χ0v) is 8.74. The molecule has 0 heterocycles. The number of para-hydroxylation sites is 1. The molecule has 2 N–H and O–H groups in total. The quantitative estimate of drug-likeness (QED) is 0.460. The van der Waals surface area contributed by atoms with Gasteiger partial charge in [0, 0.05) is 6.08 Å². The van der Waals surface area contributed by atoms with Crippen molar-refractivity contribution < 1.29 is 24.5 Å². The summed E-state index contributed by atoms with van der Waals surface area (Å²) in [5.41, 5.74) is 0. The van der Waals surface area contributed by atoms with E-state index in [0.717, 1.165) is 18.2 Å². The minimum absolute atomic E-state index is 0.353. The number of aliphatic carboxylic acids is 2. The summed E-state index contributed by atoms with van der Waals surface area (Å²) in [6.07, 6.45) is 2.98. The van der Waals surface area contributed by atoms with Gasteiger partial charge in [0.2, 0.25) is 5.76 Å². The van der Waals surface area contributed by atoms with Crippen LogP contribution in [0, 0.1) is 0 Å². The van der Waals surface area contributed by atoms with Crippen molar-refractivity contribution in [3.05, 3.63) is 54.3 Å². The van der Waals surface area contributed by atoms with Crippen LogP contribution in [0.3, 0.4) is 0 Å². The largest absolute Gasteiger partial charge is 0.478 e. The SMILES string of the molecule is O=C(O)/C=C/C=C(\Oc1ccccc1)C(=O)O. The Hall–Kier alpha value is -2.56. The second-order valence-electron chi connectivity index (χ2n) is 2.95. The Morgan fingerprint density at radius 3 is 2.29 bits per heavy atom. The average Bonchev–Trinajstić information content (AvgIpc) is 2.28. The minimum atomic E-state index is -1.27. The first kappa shape index (κ1) is 12.5. The fourth-order valence-corrected chi connectivity index (χ4v) is 0.982. The van der Waals surface area contributed by atoms with Gasteiger partial charge >= 0.3 is 11.9 Å². The van der Waals surface area contributed by atoms with Gasteiger partial charge in [-0.05, 0) is 18.2 Å². The summed E-state index contributed by atoms with van der Waals surface area (Å²) in [6, 6.07) is 8.35. The third kappa shape index (κ3) is 4.65. The van der Waals surface area contributed by atoms with Gasteiger partial charge in [-0.15, -0.1) is 0 Å². The van der Waals surface area contributed by atoms with Crippen LogP contribution in [-0.4, -0.2) is 22.2 Å². The van der Waals surface area contributed by atoms with Crippen molar-refractivity contribution >= 4 is 11.9 Å². The summed E-state index contributed by atoms with van der Waals surface area (Å²) in [5.74, 6) is -2.42. The molecule has 17 heavy (non-hydrogen) atoms. The predicted molar refractivity (Wildman–Crippen MR) is 59.6 cm³/mol. The number of hydrogen-bond donors (Lipinski definition) is 2. The monoisotopic (exact) mass is 234 g/mol. The molecule has 0 amide bonds. The highest BCUT2D eigenvalue weighted by molar-refractivity contribution is 5.86. The molecule has 0 radical (unpaired) electrons. The molecular weight excluding hydrogens is 224 g/mol. The van der Waals surface area contributed by atoms with Gasteiger partial charge < -0.3 is 14.9 Å². The fourth-order valence-electron chi connectivity index (χ4n) is 0.982. The summed E-state index contributed by atoms with van der Waals surface area (Å²) in [7, 11) is 0. The summed E-state index contributed by atoms with van der Waals surface area (Å²) in [6.45, 7) is 0. The highest BCUT2D eigenvalue weighted by Gasteiger charge is 2.08. The Balaban J connectivity index is 2.81. The van der Waals surface area contributed by atoms with Crippen LogP contribution in [0.4, 0.5) is 0 Å². The predicted octanol–water partition coefficient (Wildman–Crippen LogP) is 1.67. The topological polar surface area (TPSA) is 83.8 Å². The zero-order chi connectivity index (χ0) is 12.7.